The lowest BCUT2D eigenvalue weighted by atomic mass is 10.2. The molecule has 0 radical (unpaired) electrons. The smallest absolute Gasteiger partial charge is 0.364 e. The summed E-state index contributed by atoms with van der Waals surface area (Å²) in [6.07, 6.45) is -0.669. The van der Waals surface area contributed by atoms with E-state index in [1.54, 1.807) is 44.2 Å². The topological polar surface area (TPSA) is 121 Å². The summed E-state index contributed by atoms with van der Waals surface area (Å²) in [6, 6.07) is 10.1. The first kappa shape index (κ1) is 37.2. The Hall–Kier alpha value is -2.24. The normalized spacial score (nSPS) is 19.7. The second kappa shape index (κ2) is 15.1. The maximum absolute atomic E-state index is 13.0. The Labute approximate surface area is 270 Å². The van der Waals surface area contributed by atoms with Crippen LogP contribution in [0, 0.1) is 0 Å². The lowest BCUT2D eigenvalue weighted by Crippen LogP contribution is -2.42. The Bertz CT molecular complexity index is 1370. The van der Waals surface area contributed by atoms with Gasteiger partial charge in [-0.25, -0.2) is 4.79 Å². The second-order valence-electron chi connectivity index (χ2n) is 12.3. The number of nitrogens with zero attached hydrogens (tertiary/aromatic N) is 2. The second-order valence-corrected chi connectivity index (χ2v) is 19.2. The molecule has 2 heterocycles. The minimum Gasteiger partial charge on any atom is -0.364 e. The lowest BCUT2D eigenvalue weighted by Gasteiger charge is -2.44. The minimum absolute atomic E-state index is 0.0954. The minimum atomic E-state index is -4.94. The van der Waals surface area contributed by atoms with Crippen molar-refractivity contribution in [1.29, 1.82) is 0 Å². The van der Waals surface area contributed by atoms with E-state index in [0.29, 0.717) is 12.0 Å². The largest absolute Gasteiger partial charge is 0.471 e. The van der Waals surface area contributed by atoms with Gasteiger partial charge in [-0.2, -0.15) is 18.2 Å². The van der Waals surface area contributed by atoms with Crippen LogP contribution in [0.25, 0.3) is 0 Å². The van der Waals surface area contributed by atoms with Crippen molar-refractivity contribution in [1.82, 2.24) is 14.9 Å². The van der Waals surface area contributed by atoms with Gasteiger partial charge in [0.1, 0.15) is 24.1 Å². The van der Waals surface area contributed by atoms with Gasteiger partial charge in [-0.3, -0.25) is 14.2 Å². The zero-order valence-corrected chi connectivity index (χ0v) is 28.8. The van der Waals surface area contributed by atoms with Gasteiger partial charge >= 0.3 is 17.8 Å². The van der Waals surface area contributed by atoms with E-state index in [2.05, 4.69) is 43.6 Å². The van der Waals surface area contributed by atoms with Crippen molar-refractivity contribution in [3.63, 3.8) is 0 Å². The van der Waals surface area contributed by atoms with Crippen molar-refractivity contribution in [3.05, 3.63) is 58.6 Å². The molecule has 1 aromatic carbocycles. The molecule has 0 bridgehead atoms. The van der Waals surface area contributed by atoms with Gasteiger partial charge in [0.05, 0.1) is 12.7 Å². The monoisotopic (exact) mass is 694 g/mol. The van der Waals surface area contributed by atoms with Crippen molar-refractivity contribution in [2.24, 2.45) is 0 Å². The molecule has 1 fully saturated rings. The van der Waals surface area contributed by atoms with Gasteiger partial charge in [-0.15, -0.1) is 10.3 Å². The predicted octanol–water partition coefficient (Wildman–Crippen LogP) is 5.76. The van der Waals surface area contributed by atoms with Crippen molar-refractivity contribution < 1.29 is 36.4 Å². The van der Waals surface area contributed by atoms with Gasteiger partial charge in [0.25, 0.3) is 5.91 Å². The van der Waals surface area contributed by atoms with Crippen molar-refractivity contribution in [3.8, 4) is 0 Å². The molecule has 3 atom stereocenters. The SMILES string of the molecule is CC(C)(CNC(=O)C(F)(F)F)SSCO[C@@H]1C[C@H](n2ccc(NC(=O)c3ccccc3)nc2=O)OC1COS(C)(C)C(C)(C)C. The highest BCUT2D eigenvalue weighted by molar-refractivity contribution is 8.77. The third kappa shape index (κ3) is 10.9. The summed E-state index contributed by atoms with van der Waals surface area (Å²) >= 11 is 0. The quantitative estimate of drug-likeness (QED) is 0.153. The first-order valence-corrected chi connectivity index (χ1v) is 18.7. The molecule has 1 aliphatic heterocycles. The molecule has 2 N–H and O–H groups in total. The molecule has 2 amide bonds. The van der Waals surface area contributed by atoms with Crippen LogP contribution in [0.1, 0.15) is 57.6 Å². The molecule has 1 aromatic heterocycles. The molecule has 1 aliphatic rings. The maximum atomic E-state index is 13.0. The Kier molecular flexibility index (Phi) is 12.5. The molecule has 16 heteroatoms. The van der Waals surface area contributed by atoms with Gasteiger partial charge in [0.15, 0.2) is 0 Å². The molecule has 2 aromatic rings. The molecule has 0 aliphatic carbocycles. The van der Waals surface area contributed by atoms with Crippen LogP contribution in [0.4, 0.5) is 19.0 Å². The average Bonchev–Trinajstić information content (AvgIpc) is 3.35. The van der Waals surface area contributed by atoms with E-state index < -0.39 is 57.2 Å². The first-order valence-electron chi connectivity index (χ1n) is 14.0. The lowest BCUT2D eigenvalue weighted by molar-refractivity contribution is -0.173. The fourth-order valence-electron chi connectivity index (χ4n) is 3.81. The van der Waals surface area contributed by atoms with Crippen LogP contribution in [0.2, 0.25) is 0 Å². The van der Waals surface area contributed by atoms with E-state index in [0.717, 1.165) is 0 Å². The summed E-state index contributed by atoms with van der Waals surface area (Å²) in [4.78, 5) is 40.7. The molecule has 0 spiro atoms. The van der Waals surface area contributed by atoms with E-state index >= 15 is 0 Å². The standard InChI is InChI=1S/C29H41F3N4O6S3/c1-27(2,3)45(6,7)41-16-21-20(40-18-43-44-28(4,5)17-33-25(38)29(30,31)32)15-23(42-21)36-14-13-22(35-26(36)39)34-24(37)19-11-9-8-10-12-19/h8-14,20-21,23H,15-18H2,1-7H3,(H,33,38)(H,34,35,37,39)/t20-,21?,23-/m1/s1. The fraction of sp³-hybridized carbons (Fsp3) is 0.586. The zero-order valence-electron chi connectivity index (χ0n) is 26.3. The molecule has 10 nitrogen and oxygen atoms in total. The summed E-state index contributed by atoms with van der Waals surface area (Å²) in [6.45, 7) is 9.78. The molecule has 45 heavy (non-hydrogen) atoms. The van der Waals surface area contributed by atoms with Crippen LogP contribution in [-0.4, -0.2) is 80.8 Å². The van der Waals surface area contributed by atoms with Crippen molar-refractivity contribution >= 4 is 49.5 Å². The van der Waals surface area contributed by atoms with E-state index in [4.69, 9.17) is 13.7 Å². The van der Waals surface area contributed by atoms with Crippen molar-refractivity contribution in [2.45, 2.75) is 75.1 Å². The number of alkyl halides is 3. The summed E-state index contributed by atoms with van der Waals surface area (Å²) in [5.74, 6) is -2.10. The van der Waals surface area contributed by atoms with Gasteiger partial charge < -0.3 is 24.3 Å². The number of carbonyl (C=O) groups is 2. The number of nitrogens with one attached hydrogen (secondary N) is 2. The molecule has 3 rings (SSSR count). The van der Waals surface area contributed by atoms with E-state index in [-0.39, 0.29) is 29.7 Å². The van der Waals surface area contributed by atoms with Gasteiger partial charge in [-0.05, 0) is 44.6 Å². The van der Waals surface area contributed by atoms with Gasteiger partial charge in [-0.1, -0.05) is 60.6 Å². The third-order valence-electron chi connectivity index (χ3n) is 7.15. The summed E-state index contributed by atoms with van der Waals surface area (Å²) in [7, 11) is 1.09. The fourth-order valence-corrected chi connectivity index (χ4v) is 6.81. The average molecular weight is 695 g/mol. The van der Waals surface area contributed by atoms with E-state index in [9.17, 15) is 27.6 Å². The highest BCUT2D eigenvalue weighted by Gasteiger charge is 2.41. The summed E-state index contributed by atoms with van der Waals surface area (Å²) < 4.78 is 56.9. The number of halogens is 3. The molecule has 1 unspecified atom stereocenters. The molecule has 252 valence electrons. The molecule has 1 saturated heterocycles. The van der Waals surface area contributed by atoms with Crippen LogP contribution >= 0.6 is 31.9 Å². The number of ether oxygens (including phenoxy) is 2. The van der Waals surface area contributed by atoms with Gasteiger partial charge in [0, 0.05) is 34.2 Å². The van der Waals surface area contributed by atoms with E-state index in [1.165, 1.54) is 38.4 Å². The summed E-state index contributed by atoms with van der Waals surface area (Å²) in [5.41, 5.74) is -0.185. The number of carbonyl (C=O) groups excluding carboxylic acids is 2. The van der Waals surface area contributed by atoms with Gasteiger partial charge in [0.2, 0.25) is 0 Å². The number of aromatic nitrogens is 2. The molecular weight excluding hydrogens is 654 g/mol. The van der Waals surface area contributed by atoms with Crippen LogP contribution in [0.5, 0.6) is 0 Å². The number of amides is 2. The van der Waals surface area contributed by atoms with Crippen LogP contribution in [0.3, 0.4) is 0 Å². The Morgan fingerprint density at radius 2 is 1.78 bits per heavy atom. The summed E-state index contributed by atoms with van der Waals surface area (Å²) in [5, 5.41) is 4.54. The molecule has 0 saturated carbocycles. The number of anilines is 1. The molecular formula is C29H41F3N4O6S3. The Balaban J connectivity index is 1.65. The Morgan fingerprint density at radius 3 is 2.38 bits per heavy atom. The highest BCUT2D eigenvalue weighted by atomic mass is 33.1. The maximum Gasteiger partial charge on any atom is 0.471 e. The number of hydrogen-bond acceptors (Lipinski definition) is 9. The Morgan fingerprint density at radius 1 is 1.11 bits per heavy atom. The van der Waals surface area contributed by atoms with Crippen LogP contribution < -0.4 is 16.3 Å². The number of hydrogen-bond donors (Lipinski definition) is 2. The first-order chi connectivity index (χ1) is 20.8. The van der Waals surface area contributed by atoms with Crippen LogP contribution in [-0.2, 0) is 18.5 Å². The zero-order chi connectivity index (χ0) is 33.6. The number of rotatable bonds is 13. The number of benzene rings is 1. The predicted molar refractivity (Wildman–Crippen MR) is 175 cm³/mol. The highest BCUT2D eigenvalue weighted by Crippen LogP contribution is 2.54. The van der Waals surface area contributed by atoms with Crippen molar-refractivity contribution in [2.75, 3.05) is 36.9 Å². The van der Waals surface area contributed by atoms with E-state index in [1.807, 2.05) is 5.32 Å². The van der Waals surface area contributed by atoms with Crippen LogP contribution in [0.15, 0.2) is 47.4 Å². The third-order valence-corrected chi connectivity index (χ3v) is 13.8.